The van der Waals surface area contributed by atoms with E-state index < -0.39 is 35.5 Å². The molecule has 0 aromatic carbocycles. The predicted molar refractivity (Wildman–Crippen MR) is 75.6 cm³/mol. The van der Waals surface area contributed by atoms with Crippen molar-refractivity contribution in [1.29, 1.82) is 0 Å². The van der Waals surface area contributed by atoms with Gasteiger partial charge in [0.25, 0.3) is 0 Å². The van der Waals surface area contributed by atoms with E-state index in [1.54, 1.807) is 33.8 Å². The highest BCUT2D eigenvalue weighted by atomic mass is 16.8. The molecule has 0 radical (unpaired) electrons. The Hall–Kier alpha value is -0.500. The van der Waals surface area contributed by atoms with Crippen LogP contribution in [0.25, 0.3) is 0 Å². The van der Waals surface area contributed by atoms with Crippen molar-refractivity contribution in [3.8, 4) is 0 Å². The number of hydrogen-bond donors (Lipinski definition) is 2. The highest BCUT2D eigenvalue weighted by Gasteiger charge is 2.54. The topological polar surface area (TPSA) is 77.4 Å². The first kappa shape index (κ1) is 16.9. The van der Waals surface area contributed by atoms with Gasteiger partial charge in [0.2, 0.25) is 0 Å². The van der Waals surface area contributed by atoms with Gasteiger partial charge in [0.05, 0.1) is 13.2 Å². The standard InChI is InChI=1S/C15H26O6/c1-6-7-15(17,11-9-19-14(4,5)21-11)12(16)10-8-18-13(2,3)20-10/h6,10-12,16-17H,1,7-9H2,2-5H3/t10-,11-,12-,15-/m1/s1. The van der Waals surface area contributed by atoms with E-state index in [4.69, 9.17) is 18.9 Å². The van der Waals surface area contributed by atoms with Crippen molar-refractivity contribution in [1.82, 2.24) is 0 Å². The first-order chi connectivity index (χ1) is 9.60. The number of rotatable bonds is 5. The Morgan fingerprint density at radius 2 is 1.76 bits per heavy atom. The van der Waals surface area contributed by atoms with E-state index in [2.05, 4.69) is 6.58 Å². The summed E-state index contributed by atoms with van der Waals surface area (Å²) >= 11 is 0. The van der Waals surface area contributed by atoms with E-state index in [0.717, 1.165) is 0 Å². The smallest absolute Gasteiger partial charge is 0.163 e. The summed E-state index contributed by atoms with van der Waals surface area (Å²) in [5.74, 6) is -1.56. The second kappa shape index (κ2) is 5.61. The molecule has 2 aliphatic rings. The maximum Gasteiger partial charge on any atom is 0.163 e. The first-order valence-corrected chi connectivity index (χ1v) is 7.24. The lowest BCUT2D eigenvalue weighted by atomic mass is 9.84. The summed E-state index contributed by atoms with van der Waals surface area (Å²) in [5.41, 5.74) is -1.54. The molecule has 6 nitrogen and oxygen atoms in total. The zero-order chi connectivity index (χ0) is 15.9. The molecule has 122 valence electrons. The van der Waals surface area contributed by atoms with Crippen molar-refractivity contribution in [3.05, 3.63) is 12.7 Å². The summed E-state index contributed by atoms with van der Waals surface area (Å²) in [6, 6.07) is 0. The lowest BCUT2D eigenvalue weighted by molar-refractivity contribution is -0.218. The minimum absolute atomic E-state index is 0.165. The Morgan fingerprint density at radius 3 is 2.19 bits per heavy atom. The molecule has 0 unspecified atom stereocenters. The molecule has 21 heavy (non-hydrogen) atoms. The van der Waals surface area contributed by atoms with Crippen molar-refractivity contribution in [3.63, 3.8) is 0 Å². The van der Waals surface area contributed by atoms with Gasteiger partial charge in [-0.25, -0.2) is 0 Å². The normalized spacial score (nSPS) is 35.3. The maximum absolute atomic E-state index is 11.0. The summed E-state index contributed by atoms with van der Waals surface area (Å²) in [6.45, 7) is 11.1. The van der Waals surface area contributed by atoms with Gasteiger partial charge in [0.15, 0.2) is 11.6 Å². The molecule has 2 fully saturated rings. The third-order valence-electron chi connectivity index (χ3n) is 3.93. The van der Waals surface area contributed by atoms with Crippen LogP contribution < -0.4 is 0 Å². The number of aliphatic hydroxyl groups excluding tert-OH is 1. The molecular weight excluding hydrogens is 276 g/mol. The van der Waals surface area contributed by atoms with Crippen LogP contribution >= 0.6 is 0 Å². The predicted octanol–water partition coefficient (Wildman–Crippen LogP) is 0.957. The summed E-state index contributed by atoms with van der Waals surface area (Å²) in [4.78, 5) is 0. The SMILES string of the molecule is C=CC[C@](O)([C@H](O)[C@H]1COC(C)(C)O1)[C@H]1COC(C)(C)O1. The quantitative estimate of drug-likeness (QED) is 0.737. The maximum atomic E-state index is 11.0. The molecule has 0 bridgehead atoms. The van der Waals surface area contributed by atoms with Crippen LogP contribution in [0.4, 0.5) is 0 Å². The first-order valence-electron chi connectivity index (χ1n) is 7.24. The summed E-state index contributed by atoms with van der Waals surface area (Å²) < 4.78 is 22.3. The molecule has 2 aliphatic heterocycles. The Balaban J connectivity index is 2.15. The van der Waals surface area contributed by atoms with E-state index in [-0.39, 0.29) is 19.6 Å². The zero-order valence-corrected chi connectivity index (χ0v) is 13.2. The minimum Gasteiger partial charge on any atom is -0.387 e. The highest BCUT2D eigenvalue weighted by Crippen LogP contribution is 2.37. The summed E-state index contributed by atoms with van der Waals surface area (Å²) in [7, 11) is 0. The minimum atomic E-state index is -1.54. The van der Waals surface area contributed by atoms with Gasteiger partial charge in [-0.2, -0.15) is 0 Å². The third-order valence-corrected chi connectivity index (χ3v) is 3.93. The molecule has 4 atom stereocenters. The molecule has 0 aliphatic carbocycles. The van der Waals surface area contributed by atoms with Crippen LogP contribution in [0.15, 0.2) is 12.7 Å². The fourth-order valence-corrected chi connectivity index (χ4v) is 2.80. The van der Waals surface area contributed by atoms with Crippen molar-refractivity contribution in [2.45, 2.75) is 69.6 Å². The molecule has 6 heteroatoms. The lowest BCUT2D eigenvalue weighted by Crippen LogP contribution is -2.58. The van der Waals surface area contributed by atoms with Gasteiger partial charge in [-0.15, -0.1) is 6.58 Å². The van der Waals surface area contributed by atoms with Crippen LogP contribution in [0, 0.1) is 0 Å². The average molecular weight is 302 g/mol. The second-order valence-corrected chi connectivity index (χ2v) is 6.61. The molecule has 0 spiro atoms. The van der Waals surface area contributed by atoms with Crippen molar-refractivity contribution in [2.24, 2.45) is 0 Å². The fourth-order valence-electron chi connectivity index (χ4n) is 2.80. The van der Waals surface area contributed by atoms with Gasteiger partial charge in [-0.05, 0) is 34.1 Å². The van der Waals surface area contributed by atoms with Gasteiger partial charge >= 0.3 is 0 Å². The number of aliphatic hydroxyl groups is 2. The highest BCUT2D eigenvalue weighted by molar-refractivity contribution is 5.04. The number of ether oxygens (including phenoxy) is 4. The average Bonchev–Trinajstić information content (AvgIpc) is 2.91. The van der Waals surface area contributed by atoms with Crippen molar-refractivity contribution >= 4 is 0 Å². The summed E-state index contributed by atoms with van der Waals surface area (Å²) in [6.07, 6.45) is -0.734. The molecule has 2 heterocycles. The van der Waals surface area contributed by atoms with E-state index in [1.807, 2.05) is 0 Å². The summed E-state index contributed by atoms with van der Waals surface area (Å²) in [5, 5.41) is 21.6. The van der Waals surface area contributed by atoms with Crippen molar-refractivity contribution < 1.29 is 29.2 Å². The van der Waals surface area contributed by atoms with E-state index in [9.17, 15) is 10.2 Å². The van der Waals surface area contributed by atoms with Gasteiger partial charge in [-0.1, -0.05) is 6.08 Å². The molecule has 0 amide bonds. The Morgan fingerprint density at radius 1 is 1.19 bits per heavy atom. The van der Waals surface area contributed by atoms with E-state index in [0.29, 0.717) is 0 Å². The monoisotopic (exact) mass is 302 g/mol. The molecule has 0 saturated carbocycles. The fraction of sp³-hybridized carbons (Fsp3) is 0.867. The molecule has 2 N–H and O–H groups in total. The largest absolute Gasteiger partial charge is 0.387 e. The van der Waals surface area contributed by atoms with Gasteiger partial charge < -0.3 is 29.2 Å². The van der Waals surface area contributed by atoms with Crippen LogP contribution in [0.2, 0.25) is 0 Å². The van der Waals surface area contributed by atoms with Crippen molar-refractivity contribution in [2.75, 3.05) is 13.2 Å². The third kappa shape index (κ3) is 3.47. The van der Waals surface area contributed by atoms with Gasteiger partial charge in [-0.3, -0.25) is 0 Å². The van der Waals surface area contributed by atoms with Crippen LogP contribution in [-0.2, 0) is 18.9 Å². The zero-order valence-electron chi connectivity index (χ0n) is 13.2. The molecule has 0 aromatic heterocycles. The molecular formula is C15H26O6. The van der Waals surface area contributed by atoms with E-state index >= 15 is 0 Å². The van der Waals surface area contributed by atoms with Crippen LogP contribution in [0.5, 0.6) is 0 Å². The molecule has 0 aromatic rings. The lowest BCUT2D eigenvalue weighted by Gasteiger charge is -2.38. The van der Waals surface area contributed by atoms with E-state index in [1.165, 1.54) is 0 Å². The Kier molecular flexibility index (Phi) is 4.50. The Labute approximate surface area is 125 Å². The molecule has 2 saturated heterocycles. The number of hydrogen-bond acceptors (Lipinski definition) is 6. The van der Waals surface area contributed by atoms with Gasteiger partial charge in [0.1, 0.15) is 23.9 Å². The van der Waals surface area contributed by atoms with Crippen LogP contribution in [0.1, 0.15) is 34.1 Å². The molecule has 2 rings (SSSR count). The van der Waals surface area contributed by atoms with Crippen LogP contribution in [-0.4, -0.2) is 58.9 Å². The second-order valence-electron chi connectivity index (χ2n) is 6.61. The van der Waals surface area contributed by atoms with Crippen LogP contribution in [0.3, 0.4) is 0 Å². The van der Waals surface area contributed by atoms with Gasteiger partial charge in [0, 0.05) is 0 Å². The Bertz CT molecular complexity index is 394.